The summed E-state index contributed by atoms with van der Waals surface area (Å²) in [7, 11) is 2.94. The summed E-state index contributed by atoms with van der Waals surface area (Å²) in [5, 5.41) is 12.4. The van der Waals surface area contributed by atoms with Crippen LogP contribution in [0.25, 0.3) is 0 Å². The minimum Gasteiger partial charge on any atom is -0.495 e. The minimum absolute atomic E-state index is 0.0542. The topological polar surface area (TPSA) is 91.7 Å². The Morgan fingerprint density at radius 1 is 1.25 bits per heavy atom. The fourth-order valence-electron chi connectivity index (χ4n) is 3.11. The molecule has 2 aromatic rings. The predicted octanol–water partition coefficient (Wildman–Crippen LogP) is 3.22. The molecular weight excluding hydrogens is 382 g/mol. The zero-order valence-corrected chi connectivity index (χ0v) is 16.1. The second kappa shape index (κ2) is 8.19. The van der Waals surface area contributed by atoms with Crippen molar-refractivity contribution in [2.45, 2.75) is 6.42 Å². The lowest BCUT2D eigenvalue weighted by atomic mass is 10.1. The van der Waals surface area contributed by atoms with Crippen LogP contribution in [0.5, 0.6) is 11.5 Å². The molecule has 7 nitrogen and oxygen atoms in total. The number of ether oxygens (including phenoxy) is 2. The highest BCUT2D eigenvalue weighted by Gasteiger charge is 2.36. The molecule has 0 aromatic heterocycles. The molecule has 1 fully saturated rings. The number of nitrogens with one attached hydrogen (secondary N) is 1. The number of hydrogen-bond acceptors (Lipinski definition) is 5. The highest BCUT2D eigenvalue weighted by atomic mass is 35.5. The van der Waals surface area contributed by atoms with Crippen LogP contribution in [0, 0.1) is 17.2 Å². The smallest absolute Gasteiger partial charge is 0.229 e. The molecule has 3 rings (SSSR count). The number of benzene rings is 2. The summed E-state index contributed by atoms with van der Waals surface area (Å²) in [6, 6.07) is 12.0. The van der Waals surface area contributed by atoms with E-state index in [-0.39, 0.29) is 24.8 Å². The van der Waals surface area contributed by atoms with Gasteiger partial charge < -0.3 is 19.7 Å². The Hall–Kier alpha value is -3.24. The number of anilines is 2. The standard InChI is InChI=1S/C20H18ClN3O4/c1-27-17-9-15(18(28-2)8-14(17)21)23-20(26)13-7-19(25)24(11-13)16-6-4-3-5-12(16)10-22/h3-6,8-9,13H,7,11H2,1-2H3,(H,23,26). The minimum atomic E-state index is -0.564. The molecule has 1 aliphatic rings. The van der Waals surface area contributed by atoms with Gasteiger partial charge in [0.1, 0.15) is 17.6 Å². The third-order valence-corrected chi connectivity index (χ3v) is 4.84. The quantitative estimate of drug-likeness (QED) is 0.833. The summed E-state index contributed by atoms with van der Waals surface area (Å²) in [5.41, 5.74) is 1.30. The molecule has 28 heavy (non-hydrogen) atoms. The molecule has 8 heteroatoms. The zero-order valence-electron chi connectivity index (χ0n) is 15.4. The van der Waals surface area contributed by atoms with Crippen molar-refractivity contribution in [3.05, 3.63) is 47.0 Å². The van der Waals surface area contributed by atoms with Crippen LogP contribution in [-0.4, -0.2) is 32.6 Å². The molecule has 1 unspecified atom stereocenters. The van der Waals surface area contributed by atoms with Gasteiger partial charge in [0, 0.05) is 25.1 Å². The molecule has 1 N–H and O–H groups in total. The first kappa shape index (κ1) is 19.5. The zero-order chi connectivity index (χ0) is 20.3. The molecule has 0 radical (unpaired) electrons. The average molecular weight is 400 g/mol. The molecule has 0 saturated carbocycles. The maximum atomic E-state index is 12.8. The number of rotatable bonds is 5. The van der Waals surface area contributed by atoms with Crippen LogP contribution >= 0.6 is 11.6 Å². The van der Waals surface area contributed by atoms with Gasteiger partial charge in [0.05, 0.1) is 42.1 Å². The first-order valence-corrected chi connectivity index (χ1v) is 8.88. The lowest BCUT2D eigenvalue weighted by Crippen LogP contribution is -2.28. The fraction of sp³-hybridized carbons (Fsp3) is 0.250. The van der Waals surface area contributed by atoms with Crippen LogP contribution in [0.2, 0.25) is 5.02 Å². The number of hydrogen-bond donors (Lipinski definition) is 1. The summed E-state index contributed by atoms with van der Waals surface area (Å²) in [5.74, 6) is -0.318. The van der Waals surface area contributed by atoms with Crippen molar-refractivity contribution < 1.29 is 19.1 Å². The summed E-state index contributed by atoms with van der Waals surface area (Å²) < 4.78 is 10.4. The summed E-state index contributed by atoms with van der Waals surface area (Å²) in [6.07, 6.45) is 0.0542. The van der Waals surface area contributed by atoms with Gasteiger partial charge in [-0.15, -0.1) is 0 Å². The molecule has 2 aromatic carbocycles. The van der Waals surface area contributed by atoms with Gasteiger partial charge in [-0.25, -0.2) is 0 Å². The normalized spacial score (nSPS) is 15.9. The first-order chi connectivity index (χ1) is 13.5. The van der Waals surface area contributed by atoms with Crippen LogP contribution in [0.15, 0.2) is 36.4 Å². The number of nitrogens with zero attached hydrogens (tertiary/aromatic N) is 2. The van der Waals surface area contributed by atoms with E-state index in [4.69, 9.17) is 21.1 Å². The summed E-state index contributed by atoms with van der Waals surface area (Å²) in [6.45, 7) is 0.191. The number of para-hydroxylation sites is 1. The third-order valence-electron chi connectivity index (χ3n) is 4.54. The maximum Gasteiger partial charge on any atom is 0.229 e. The Morgan fingerprint density at radius 3 is 2.64 bits per heavy atom. The van der Waals surface area contributed by atoms with Crippen molar-refractivity contribution >= 4 is 34.8 Å². The van der Waals surface area contributed by atoms with Crippen LogP contribution < -0.4 is 19.7 Å². The number of carbonyl (C=O) groups is 2. The van der Waals surface area contributed by atoms with E-state index >= 15 is 0 Å². The number of nitriles is 1. The lowest BCUT2D eigenvalue weighted by molar-refractivity contribution is -0.122. The van der Waals surface area contributed by atoms with Crippen molar-refractivity contribution in [2.24, 2.45) is 5.92 Å². The van der Waals surface area contributed by atoms with E-state index in [1.54, 1.807) is 36.4 Å². The van der Waals surface area contributed by atoms with E-state index in [2.05, 4.69) is 11.4 Å². The first-order valence-electron chi connectivity index (χ1n) is 8.50. The van der Waals surface area contributed by atoms with Gasteiger partial charge >= 0.3 is 0 Å². The molecule has 2 amide bonds. The van der Waals surface area contributed by atoms with Gasteiger partial charge in [-0.1, -0.05) is 23.7 Å². The second-order valence-electron chi connectivity index (χ2n) is 6.21. The second-order valence-corrected chi connectivity index (χ2v) is 6.62. The Balaban J connectivity index is 1.80. The van der Waals surface area contributed by atoms with Crippen molar-refractivity contribution in [1.29, 1.82) is 5.26 Å². The summed E-state index contributed by atoms with van der Waals surface area (Å²) in [4.78, 5) is 26.7. The van der Waals surface area contributed by atoms with Crippen LogP contribution in [0.1, 0.15) is 12.0 Å². The van der Waals surface area contributed by atoms with Gasteiger partial charge in [0.2, 0.25) is 11.8 Å². The third kappa shape index (κ3) is 3.73. The van der Waals surface area contributed by atoms with Crippen molar-refractivity contribution in [1.82, 2.24) is 0 Å². The van der Waals surface area contributed by atoms with Crippen molar-refractivity contribution in [2.75, 3.05) is 31.0 Å². The van der Waals surface area contributed by atoms with E-state index in [1.165, 1.54) is 19.1 Å². The van der Waals surface area contributed by atoms with Gasteiger partial charge in [-0.05, 0) is 12.1 Å². The van der Waals surface area contributed by atoms with Gasteiger partial charge in [0.25, 0.3) is 0 Å². The van der Waals surface area contributed by atoms with E-state index in [0.717, 1.165) is 0 Å². The molecule has 0 aliphatic carbocycles. The molecule has 144 valence electrons. The highest BCUT2D eigenvalue weighted by Crippen LogP contribution is 2.36. The van der Waals surface area contributed by atoms with E-state index in [0.29, 0.717) is 33.5 Å². The van der Waals surface area contributed by atoms with Gasteiger partial charge in [0.15, 0.2) is 0 Å². The molecule has 1 heterocycles. The van der Waals surface area contributed by atoms with E-state index < -0.39 is 5.92 Å². The molecule has 0 spiro atoms. The Morgan fingerprint density at radius 2 is 1.96 bits per heavy atom. The maximum absolute atomic E-state index is 12.8. The molecule has 1 atom stereocenters. The fourth-order valence-corrected chi connectivity index (χ4v) is 3.34. The molecule has 1 aliphatic heterocycles. The van der Waals surface area contributed by atoms with Crippen molar-refractivity contribution in [3.8, 4) is 17.6 Å². The van der Waals surface area contributed by atoms with E-state index in [1.807, 2.05) is 0 Å². The molecule has 1 saturated heterocycles. The predicted molar refractivity (Wildman–Crippen MR) is 105 cm³/mol. The van der Waals surface area contributed by atoms with Gasteiger partial charge in [-0.3, -0.25) is 9.59 Å². The molecular formula is C20H18ClN3O4. The molecule has 0 bridgehead atoms. The van der Waals surface area contributed by atoms with Crippen LogP contribution in [0.3, 0.4) is 0 Å². The van der Waals surface area contributed by atoms with Crippen molar-refractivity contribution in [3.63, 3.8) is 0 Å². The number of amides is 2. The van der Waals surface area contributed by atoms with E-state index in [9.17, 15) is 14.9 Å². The largest absolute Gasteiger partial charge is 0.495 e. The summed E-state index contributed by atoms with van der Waals surface area (Å²) >= 11 is 6.08. The lowest BCUT2D eigenvalue weighted by Gasteiger charge is -2.18. The monoisotopic (exact) mass is 399 g/mol. The van der Waals surface area contributed by atoms with Crippen LogP contribution in [-0.2, 0) is 9.59 Å². The van der Waals surface area contributed by atoms with Crippen LogP contribution in [0.4, 0.5) is 11.4 Å². The Bertz CT molecular complexity index is 970. The number of methoxy groups -OCH3 is 2. The Labute approximate surface area is 167 Å². The number of carbonyl (C=O) groups excluding carboxylic acids is 2. The Kier molecular flexibility index (Phi) is 5.71. The van der Waals surface area contributed by atoms with Gasteiger partial charge in [-0.2, -0.15) is 5.26 Å². The highest BCUT2D eigenvalue weighted by molar-refractivity contribution is 6.32. The SMILES string of the molecule is COc1cc(NC(=O)C2CC(=O)N(c3ccccc3C#N)C2)c(OC)cc1Cl. The average Bonchev–Trinajstić information content (AvgIpc) is 3.10. The number of halogens is 1.